The zero-order valence-corrected chi connectivity index (χ0v) is 9.77. The Labute approximate surface area is 83.5 Å². The van der Waals surface area contributed by atoms with Crippen LogP contribution < -0.4 is 5.73 Å². The van der Waals surface area contributed by atoms with Crippen molar-refractivity contribution in [1.29, 1.82) is 0 Å². The lowest BCUT2D eigenvalue weighted by Gasteiger charge is -2.26. The van der Waals surface area contributed by atoms with Crippen LogP contribution in [0.1, 0.15) is 46.5 Å². The van der Waals surface area contributed by atoms with Crippen molar-refractivity contribution < 1.29 is 0 Å². The zero-order chi connectivity index (χ0) is 10.3. The fourth-order valence-corrected chi connectivity index (χ4v) is 1.58. The lowest BCUT2D eigenvalue weighted by atomic mass is 10.1. The first-order chi connectivity index (χ1) is 5.95. The highest BCUT2D eigenvalue weighted by atomic mass is 15.1. The summed E-state index contributed by atoms with van der Waals surface area (Å²) in [5.41, 5.74) is 5.87. The molecule has 0 amide bonds. The molecular weight excluding hydrogens is 160 g/mol. The van der Waals surface area contributed by atoms with E-state index in [4.69, 9.17) is 5.73 Å². The third-order valence-corrected chi connectivity index (χ3v) is 2.07. The molecule has 0 atom stereocenters. The first-order valence-electron chi connectivity index (χ1n) is 5.43. The van der Waals surface area contributed by atoms with Crippen LogP contribution in [0, 0.1) is 0 Å². The fourth-order valence-electron chi connectivity index (χ4n) is 1.58. The molecule has 0 bridgehead atoms. The van der Waals surface area contributed by atoms with Crippen LogP contribution in [0.25, 0.3) is 0 Å². The molecule has 0 aromatic carbocycles. The first kappa shape index (κ1) is 12.9. The average molecular weight is 186 g/mol. The van der Waals surface area contributed by atoms with Gasteiger partial charge in [0.25, 0.3) is 0 Å². The van der Waals surface area contributed by atoms with E-state index >= 15 is 0 Å². The van der Waals surface area contributed by atoms with E-state index in [1.165, 1.54) is 32.2 Å². The quantitative estimate of drug-likeness (QED) is 0.618. The van der Waals surface area contributed by atoms with Crippen LogP contribution >= 0.6 is 0 Å². The van der Waals surface area contributed by atoms with Gasteiger partial charge in [0.05, 0.1) is 0 Å². The second-order valence-corrected chi connectivity index (χ2v) is 4.79. The molecule has 0 saturated carbocycles. The topological polar surface area (TPSA) is 29.3 Å². The van der Waals surface area contributed by atoms with E-state index in [1.807, 2.05) is 0 Å². The van der Waals surface area contributed by atoms with E-state index < -0.39 is 0 Å². The number of rotatable bonds is 7. The van der Waals surface area contributed by atoms with E-state index in [2.05, 4.69) is 32.7 Å². The van der Waals surface area contributed by atoms with Crippen molar-refractivity contribution >= 4 is 0 Å². The van der Waals surface area contributed by atoms with Gasteiger partial charge >= 0.3 is 0 Å². The number of nitrogens with two attached hydrogens (primary N) is 1. The van der Waals surface area contributed by atoms with E-state index in [0.29, 0.717) is 0 Å². The Bertz CT molecular complexity index is 116. The minimum atomic E-state index is -0.0560. The smallest absolute Gasteiger partial charge is 0.0225 e. The summed E-state index contributed by atoms with van der Waals surface area (Å²) in [6.45, 7) is 8.57. The summed E-state index contributed by atoms with van der Waals surface area (Å²) in [7, 11) is 2.15. The maximum absolute atomic E-state index is 5.93. The summed E-state index contributed by atoms with van der Waals surface area (Å²) < 4.78 is 0. The van der Waals surface area contributed by atoms with Crippen LogP contribution in [0.3, 0.4) is 0 Å². The molecule has 0 rings (SSSR count). The predicted octanol–water partition coefficient (Wildman–Crippen LogP) is 2.24. The largest absolute Gasteiger partial charge is 0.324 e. The molecule has 0 radical (unpaired) electrons. The minimum Gasteiger partial charge on any atom is -0.324 e. The van der Waals surface area contributed by atoms with Crippen molar-refractivity contribution in [3.63, 3.8) is 0 Å². The number of likely N-dealkylation sites (N-methyl/N-ethyl adjacent to an activating group) is 1. The maximum Gasteiger partial charge on any atom is 0.0225 e. The molecule has 0 aromatic heterocycles. The molecule has 0 heterocycles. The number of nitrogens with zero attached hydrogens (tertiary/aromatic N) is 1. The van der Waals surface area contributed by atoms with Gasteiger partial charge in [-0.05, 0) is 33.9 Å². The molecule has 2 N–H and O–H groups in total. The molecule has 0 aliphatic carbocycles. The highest BCUT2D eigenvalue weighted by molar-refractivity contribution is 4.75. The molecule has 80 valence electrons. The molecule has 2 heteroatoms. The van der Waals surface area contributed by atoms with Gasteiger partial charge in [0.1, 0.15) is 0 Å². The summed E-state index contributed by atoms with van der Waals surface area (Å²) >= 11 is 0. The van der Waals surface area contributed by atoms with Gasteiger partial charge in [-0.2, -0.15) is 0 Å². The molecule has 0 aliphatic rings. The van der Waals surface area contributed by atoms with Gasteiger partial charge in [0.2, 0.25) is 0 Å². The molecule has 0 aliphatic heterocycles. The number of hydrogen-bond donors (Lipinski definition) is 1. The monoisotopic (exact) mass is 186 g/mol. The Balaban J connectivity index is 3.35. The van der Waals surface area contributed by atoms with Crippen molar-refractivity contribution in [3.8, 4) is 0 Å². The Morgan fingerprint density at radius 1 is 1.15 bits per heavy atom. The molecule has 0 saturated heterocycles. The zero-order valence-electron chi connectivity index (χ0n) is 9.77. The van der Waals surface area contributed by atoms with E-state index in [0.717, 1.165) is 6.54 Å². The maximum atomic E-state index is 5.93. The molecule has 0 aromatic rings. The fraction of sp³-hybridized carbons (Fsp3) is 1.00. The summed E-state index contributed by atoms with van der Waals surface area (Å²) in [6.07, 6.45) is 5.33. The highest BCUT2D eigenvalue weighted by Gasteiger charge is 2.12. The third kappa shape index (κ3) is 9.84. The molecule has 2 nitrogen and oxygen atoms in total. The van der Waals surface area contributed by atoms with Crippen LogP contribution in [-0.2, 0) is 0 Å². The Hall–Kier alpha value is -0.0800. The van der Waals surface area contributed by atoms with Gasteiger partial charge in [-0.3, -0.25) is 0 Å². The Morgan fingerprint density at radius 2 is 1.77 bits per heavy atom. The van der Waals surface area contributed by atoms with E-state index in [1.54, 1.807) is 0 Å². The Morgan fingerprint density at radius 3 is 2.23 bits per heavy atom. The first-order valence-corrected chi connectivity index (χ1v) is 5.43. The lowest BCUT2D eigenvalue weighted by Crippen LogP contribution is -2.44. The highest BCUT2D eigenvalue weighted by Crippen LogP contribution is 2.03. The summed E-state index contributed by atoms with van der Waals surface area (Å²) in [6, 6.07) is 0. The number of hydrogen-bond acceptors (Lipinski definition) is 2. The molecule has 13 heavy (non-hydrogen) atoms. The SMILES string of the molecule is CCCCCCN(C)CC(C)(C)N. The third-order valence-electron chi connectivity index (χ3n) is 2.07. The van der Waals surface area contributed by atoms with Gasteiger partial charge in [-0.1, -0.05) is 26.2 Å². The van der Waals surface area contributed by atoms with Crippen LogP contribution in [0.2, 0.25) is 0 Å². The normalized spacial score (nSPS) is 12.5. The average Bonchev–Trinajstić information content (AvgIpc) is 1.94. The Kier molecular flexibility index (Phi) is 6.35. The molecule has 0 fully saturated rings. The van der Waals surface area contributed by atoms with Crippen molar-refractivity contribution in [2.24, 2.45) is 5.73 Å². The van der Waals surface area contributed by atoms with Gasteiger partial charge in [-0.25, -0.2) is 0 Å². The van der Waals surface area contributed by atoms with Crippen molar-refractivity contribution in [2.75, 3.05) is 20.1 Å². The van der Waals surface area contributed by atoms with Crippen LogP contribution in [0.4, 0.5) is 0 Å². The van der Waals surface area contributed by atoms with Crippen LogP contribution in [-0.4, -0.2) is 30.6 Å². The van der Waals surface area contributed by atoms with E-state index in [9.17, 15) is 0 Å². The second-order valence-electron chi connectivity index (χ2n) is 4.79. The van der Waals surface area contributed by atoms with Crippen LogP contribution in [0.5, 0.6) is 0 Å². The van der Waals surface area contributed by atoms with Gasteiger partial charge < -0.3 is 10.6 Å². The van der Waals surface area contributed by atoms with Gasteiger partial charge in [0.15, 0.2) is 0 Å². The molecular formula is C11H26N2. The lowest BCUT2D eigenvalue weighted by molar-refractivity contribution is 0.264. The number of unbranched alkanes of at least 4 members (excludes halogenated alkanes) is 3. The minimum absolute atomic E-state index is 0.0560. The van der Waals surface area contributed by atoms with Gasteiger partial charge in [-0.15, -0.1) is 0 Å². The second kappa shape index (κ2) is 6.39. The summed E-state index contributed by atoms with van der Waals surface area (Å²) in [5.74, 6) is 0. The van der Waals surface area contributed by atoms with Crippen LogP contribution in [0.15, 0.2) is 0 Å². The van der Waals surface area contributed by atoms with Gasteiger partial charge in [0, 0.05) is 12.1 Å². The summed E-state index contributed by atoms with van der Waals surface area (Å²) in [5, 5.41) is 0. The van der Waals surface area contributed by atoms with Crippen molar-refractivity contribution in [3.05, 3.63) is 0 Å². The van der Waals surface area contributed by atoms with Crippen molar-refractivity contribution in [2.45, 2.75) is 52.0 Å². The van der Waals surface area contributed by atoms with Crippen molar-refractivity contribution in [1.82, 2.24) is 4.90 Å². The predicted molar refractivity (Wildman–Crippen MR) is 59.9 cm³/mol. The molecule has 0 spiro atoms. The molecule has 0 unspecified atom stereocenters. The standard InChI is InChI=1S/C11H26N2/c1-5-6-7-8-9-13(4)10-11(2,3)12/h5-10,12H2,1-4H3. The summed E-state index contributed by atoms with van der Waals surface area (Å²) in [4.78, 5) is 2.33. The van der Waals surface area contributed by atoms with E-state index in [-0.39, 0.29) is 5.54 Å².